The Bertz CT molecular complexity index is 583. The van der Waals surface area contributed by atoms with E-state index in [4.69, 9.17) is 11.6 Å². The average molecular weight is 324 g/mol. The van der Waals surface area contributed by atoms with Gasteiger partial charge in [0, 0.05) is 30.4 Å². The van der Waals surface area contributed by atoms with Crippen LogP contribution in [0.3, 0.4) is 0 Å². The number of hydrogen-bond acceptors (Lipinski definition) is 6. The molecule has 21 heavy (non-hydrogen) atoms. The first kappa shape index (κ1) is 14.5. The molecule has 2 aromatic heterocycles. The predicted octanol–water partition coefficient (Wildman–Crippen LogP) is 3.23. The van der Waals surface area contributed by atoms with Crippen LogP contribution in [0.2, 0.25) is 5.28 Å². The van der Waals surface area contributed by atoms with E-state index in [0.29, 0.717) is 11.9 Å². The molecule has 7 heteroatoms. The normalized spacial score (nSPS) is 16.2. The molecule has 1 aliphatic heterocycles. The van der Waals surface area contributed by atoms with Gasteiger partial charge in [-0.25, -0.2) is 0 Å². The topological polar surface area (TPSA) is 53.9 Å². The fourth-order valence-corrected chi connectivity index (χ4v) is 3.46. The van der Waals surface area contributed by atoms with Crippen LogP contribution in [-0.4, -0.2) is 34.1 Å². The van der Waals surface area contributed by atoms with Crippen LogP contribution >= 0.6 is 22.9 Å². The van der Waals surface area contributed by atoms with Gasteiger partial charge in [0.05, 0.1) is 0 Å². The van der Waals surface area contributed by atoms with Gasteiger partial charge in [0.2, 0.25) is 17.2 Å². The molecule has 1 unspecified atom stereocenters. The first-order valence-electron chi connectivity index (χ1n) is 7.16. The summed E-state index contributed by atoms with van der Waals surface area (Å²) >= 11 is 7.79. The Morgan fingerprint density at radius 1 is 1.33 bits per heavy atom. The van der Waals surface area contributed by atoms with Gasteiger partial charge in [-0.05, 0) is 42.8 Å². The maximum absolute atomic E-state index is 6.03. The highest BCUT2D eigenvalue weighted by Gasteiger charge is 2.17. The van der Waals surface area contributed by atoms with Crippen LogP contribution in [0, 0.1) is 0 Å². The van der Waals surface area contributed by atoms with Crippen LogP contribution in [0.4, 0.5) is 11.9 Å². The molecule has 0 aromatic carbocycles. The Kier molecular flexibility index (Phi) is 4.55. The molecule has 0 radical (unpaired) electrons. The van der Waals surface area contributed by atoms with Crippen molar-refractivity contribution in [2.24, 2.45) is 0 Å². The van der Waals surface area contributed by atoms with E-state index in [1.165, 1.54) is 17.7 Å². The van der Waals surface area contributed by atoms with Gasteiger partial charge in [-0.1, -0.05) is 6.07 Å². The van der Waals surface area contributed by atoms with Gasteiger partial charge >= 0.3 is 0 Å². The van der Waals surface area contributed by atoms with Gasteiger partial charge < -0.3 is 10.2 Å². The second-order valence-electron chi connectivity index (χ2n) is 5.25. The fraction of sp³-hybridized carbons (Fsp3) is 0.500. The molecular weight excluding hydrogens is 306 g/mol. The van der Waals surface area contributed by atoms with E-state index < -0.39 is 0 Å². The second kappa shape index (κ2) is 6.58. The van der Waals surface area contributed by atoms with Gasteiger partial charge in [0.25, 0.3) is 0 Å². The first-order valence-corrected chi connectivity index (χ1v) is 8.42. The molecule has 1 atom stereocenters. The summed E-state index contributed by atoms with van der Waals surface area (Å²) in [6, 6.07) is 4.45. The molecular formula is C14H18ClN5S. The number of nitrogens with one attached hydrogen (secondary N) is 1. The molecule has 3 heterocycles. The van der Waals surface area contributed by atoms with Crippen LogP contribution < -0.4 is 10.2 Å². The maximum atomic E-state index is 6.03. The third-order valence-electron chi connectivity index (χ3n) is 3.45. The summed E-state index contributed by atoms with van der Waals surface area (Å²) in [5.74, 6) is 1.24. The van der Waals surface area contributed by atoms with Crippen LogP contribution in [0.25, 0.3) is 0 Å². The van der Waals surface area contributed by atoms with Crippen molar-refractivity contribution >= 4 is 34.8 Å². The van der Waals surface area contributed by atoms with Crippen molar-refractivity contribution in [2.45, 2.75) is 32.2 Å². The van der Waals surface area contributed by atoms with Crippen molar-refractivity contribution in [1.82, 2.24) is 15.0 Å². The monoisotopic (exact) mass is 323 g/mol. The van der Waals surface area contributed by atoms with Crippen molar-refractivity contribution in [1.29, 1.82) is 0 Å². The maximum Gasteiger partial charge on any atom is 0.231 e. The lowest BCUT2D eigenvalue weighted by Gasteiger charge is -2.17. The quantitative estimate of drug-likeness (QED) is 0.915. The van der Waals surface area contributed by atoms with Gasteiger partial charge in [0.15, 0.2) is 0 Å². The number of thiophene rings is 1. The summed E-state index contributed by atoms with van der Waals surface area (Å²) in [5, 5.41) is 5.66. The van der Waals surface area contributed by atoms with Crippen molar-refractivity contribution in [3.05, 3.63) is 27.7 Å². The zero-order valence-corrected chi connectivity index (χ0v) is 13.5. The number of anilines is 2. The van der Waals surface area contributed by atoms with Crippen molar-refractivity contribution in [3.8, 4) is 0 Å². The smallest absolute Gasteiger partial charge is 0.231 e. The van der Waals surface area contributed by atoms with Crippen molar-refractivity contribution < 1.29 is 0 Å². The van der Waals surface area contributed by atoms with Crippen molar-refractivity contribution in [3.63, 3.8) is 0 Å². The summed E-state index contributed by atoms with van der Waals surface area (Å²) in [6.07, 6.45) is 3.31. The van der Waals surface area contributed by atoms with E-state index >= 15 is 0 Å². The third kappa shape index (κ3) is 3.83. The Morgan fingerprint density at radius 2 is 2.14 bits per heavy atom. The molecule has 1 fully saturated rings. The highest BCUT2D eigenvalue weighted by molar-refractivity contribution is 7.09. The molecule has 0 spiro atoms. The van der Waals surface area contributed by atoms with E-state index in [0.717, 1.165) is 19.5 Å². The highest BCUT2D eigenvalue weighted by atomic mass is 35.5. The standard InChI is InChI=1S/C14H18ClN5S/c1-10(9-11-5-4-8-21-11)16-13-17-12(15)18-14(19-13)20-6-2-3-7-20/h4-5,8,10H,2-3,6-7,9H2,1H3,(H,16,17,18,19). The SMILES string of the molecule is CC(Cc1cccs1)Nc1nc(Cl)nc(N2CCCC2)n1. The second-order valence-corrected chi connectivity index (χ2v) is 6.62. The predicted molar refractivity (Wildman–Crippen MR) is 87.4 cm³/mol. The van der Waals surface area contributed by atoms with Crippen LogP contribution in [0.5, 0.6) is 0 Å². The molecule has 0 saturated carbocycles. The summed E-state index contributed by atoms with van der Waals surface area (Å²) in [4.78, 5) is 16.4. The molecule has 0 bridgehead atoms. The summed E-state index contributed by atoms with van der Waals surface area (Å²) in [6.45, 7) is 4.10. The van der Waals surface area contributed by atoms with Crippen LogP contribution in [0.15, 0.2) is 17.5 Å². The van der Waals surface area contributed by atoms with E-state index in [1.54, 1.807) is 11.3 Å². The Labute approximate surface area is 133 Å². The van der Waals surface area contributed by atoms with E-state index in [2.05, 4.69) is 49.6 Å². The number of aromatic nitrogens is 3. The van der Waals surface area contributed by atoms with Crippen molar-refractivity contribution in [2.75, 3.05) is 23.3 Å². The number of hydrogen-bond donors (Lipinski definition) is 1. The minimum atomic E-state index is 0.244. The fourth-order valence-electron chi connectivity index (χ4n) is 2.46. The summed E-state index contributed by atoms with van der Waals surface area (Å²) in [7, 11) is 0. The highest BCUT2D eigenvalue weighted by Crippen LogP contribution is 2.19. The molecule has 1 saturated heterocycles. The zero-order valence-electron chi connectivity index (χ0n) is 11.9. The lowest BCUT2D eigenvalue weighted by atomic mass is 10.2. The number of halogens is 1. The Hall–Kier alpha value is -1.40. The molecule has 0 amide bonds. The van der Waals surface area contributed by atoms with Crippen LogP contribution in [0.1, 0.15) is 24.6 Å². The largest absolute Gasteiger partial charge is 0.351 e. The van der Waals surface area contributed by atoms with E-state index in [-0.39, 0.29) is 11.3 Å². The third-order valence-corrected chi connectivity index (χ3v) is 4.52. The lowest BCUT2D eigenvalue weighted by molar-refractivity contribution is 0.778. The minimum Gasteiger partial charge on any atom is -0.351 e. The minimum absolute atomic E-state index is 0.244. The van der Waals surface area contributed by atoms with Gasteiger partial charge in [-0.3, -0.25) is 0 Å². The molecule has 2 aromatic rings. The van der Waals surface area contributed by atoms with Gasteiger partial charge in [0.1, 0.15) is 0 Å². The molecule has 1 aliphatic rings. The molecule has 112 valence electrons. The lowest BCUT2D eigenvalue weighted by Crippen LogP contribution is -2.24. The summed E-state index contributed by atoms with van der Waals surface area (Å²) in [5.41, 5.74) is 0. The van der Waals surface area contributed by atoms with Gasteiger partial charge in [-0.15, -0.1) is 11.3 Å². The molecule has 3 rings (SSSR count). The Morgan fingerprint density at radius 3 is 2.86 bits per heavy atom. The molecule has 1 N–H and O–H groups in total. The van der Waals surface area contributed by atoms with E-state index in [1.807, 2.05) is 0 Å². The number of rotatable bonds is 5. The number of nitrogens with zero attached hydrogens (tertiary/aromatic N) is 4. The molecule has 0 aliphatic carbocycles. The van der Waals surface area contributed by atoms with Crippen LogP contribution in [-0.2, 0) is 6.42 Å². The average Bonchev–Trinajstić information content (AvgIpc) is 3.10. The zero-order chi connectivity index (χ0) is 14.7. The molecule has 5 nitrogen and oxygen atoms in total. The first-order chi connectivity index (χ1) is 10.2. The summed E-state index contributed by atoms with van der Waals surface area (Å²) < 4.78 is 0. The Balaban J connectivity index is 1.69. The van der Waals surface area contributed by atoms with E-state index in [9.17, 15) is 0 Å². The van der Waals surface area contributed by atoms with Gasteiger partial charge in [-0.2, -0.15) is 15.0 Å².